The van der Waals surface area contributed by atoms with E-state index >= 15 is 0 Å². The van der Waals surface area contributed by atoms with Gasteiger partial charge in [-0.15, -0.1) is 0 Å². The van der Waals surface area contributed by atoms with E-state index in [2.05, 4.69) is 48.6 Å². The molecule has 2 nitrogen and oxygen atoms in total. The monoisotopic (exact) mass is 348 g/mol. The Kier molecular flexibility index (Phi) is 7.60. The molecule has 0 aliphatic heterocycles. The maximum atomic E-state index is 5.67. The standard InChI is InChI=1S/C14H21IO2/c1-12(2)16-9-4-3-5-10-17-14-8-6-7-13(15)11-14/h6-8,11-12H,3-5,9-10H2,1-2H3. The molecule has 96 valence electrons. The Morgan fingerprint density at radius 1 is 1.12 bits per heavy atom. The van der Waals surface area contributed by atoms with Crippen molar-refractivity contribution in [1.82, 2.24) is 0 Å². The minimum atomic E-state index is 0.345. The summed E-state index contributed by atoms with van der Waals surface area (Å²) in [7, 11) is 0. The van der Waals surface area contributed by atoms with Gasteiger partial charge in [-0.3, -0.25) is 0 Å². The van der Waals surface area contributed by atoms with Crippen LogP contribution in [0.15, 0.2) is 24.3 Å². The molecule has 0 aliphatic carbocycles. The van der Waals surface area contributed by atoms with E-state index < -0.39 is 0 Å². The van der Waals surface area contributed by atoms with Gasteiger partial charge in [0.05, 0.1) is 12.7 Å². The van der Waals surface area contributed by atoms with Crippen molar-refractivity contribution < 1.29 is 9.47 Å². The lowest BCUT2D eigenvalue weighted by Crippen LogP contribution is -2.04. The molecule has 0 bridgehead atoms. The average molecular weight is 348 g/mol. The summed E-state index contributed by atoms with van der Waals surface area (Å²) in [5, 5.41) is 0. The molecule has 17 heavy (non-hydrogen) atoms. The molecule has 1 aromatic carbocycles. The Hall–Kier alpha value is -0.290. The van der Waals surface area contributed by atoms with Crippen molar-refractivity contribution in [2.24, 2.45) is 0 Å². The van der Waals surface area contributed by atoms with Gasteiger partial charge in [0.2, 0.25) is 0 Å². The summed E-state index contributed by atoms with van der Waals surface area (Å²) in [5.41, 5.74) is 0. The Labute approximate surface area is 118 Å². The van der Waals surface area contributed by atoms with Gasteiger partial charge < -0.3 is 9.47 Å². The third-order valence-electron chi connectivity index (χ3n) is 2.30. The van der Waals surface area contributed by atoms with E-state index in [1.54, 1.807) is 0 Å². The summed E-state index contributed by atoms with van der Waals surface area (Å²) in [5.74, 6) is 0.968. The fraction of sp³-hybridized carbons (Fsp3) is 0.571. The summed E-state index contributed by atoms with van der Waals surface area (Å²) in [6, 6.07) is 8.15. The van der Waals surface area contributed by atoms with E-state index in [1.807, 2.05) is 12.1 Å². The molecule has 0 amide bonds. The van der Waals surface area contributed by atoms with Gasteiger partial charge in [0, 0.05) is 10.2 Å². The first-order valence-electron chi connectivity index (χ1n) is 6.18. The van der Waals surface area contributed by atoms with Gasteiger partial charge in [-0.1, -0.05) is 6.07 Å². The molecular weight excluding hydrogens is 327 g/mol. The van der Waals surface area contributed by atoms with Gasteiger partial charge in [-0.2, -0.15) is 0 Å². The lowest BCUT2D eigenvalue weighted by molar-refractivity contribution is 0.0752. The maximum Gasteiger partial charge on any atom is 0.120 e. The van der Waals surface area contributed by atoms with Gasteiger partial charge in [0.25, 0.3) is 0 Å². The van der Waals surface area contributed by atoms with E-state index in [9.17, 15) is 0 Å². The highest BCUT2D eigenvalue weighted by Crippen LogP contribution is 2.15. The number of halogens is 1. The molecule has 3 heteroatoms. The van der Waals surface area contributed by atoms with Crippen molar-refractivity contribution >= 4 is 22.6 Å². The molecule has 1 aromatic rings. The predicted octanol–water partition coefficient (Wildman–Crippen LogP) is 4.27. The van der Waals surface area contributed by atoms with E-state index in [0.29, 0.717) is 6.10 Å². The lowest BCUT2D eigenvalue weighted by Gasteiger charge is -2.08. The number of unbranched alkanes of at least 4 members (excludes halogenated alkanes) is 2. The highest BCUT2D eigenvalue weighted by Gasteiger charge is 1.96. The minimum Gasteiger partial charge on any atom is -0.494 e. The number of rotatable bonds is 8. The van der Waals surface area contributed by atoms with Crippen LogP contribution in [0.2, 0.25) is 0 Å². The zero-order valence-electron chi connectivity index (χ0n) is 10.6. The van der Waals surface area contributed by atoms with Crippen LogP contribution < -0.4 is 4.74 Å². The van der Waals surface area contributed by atoms with E-state index in [4.69, 9.17) is 9.47 Å². The molecule has 0 saturated carbocycles. The Balaban J connectivity index is 2.01. The normalized spacial score (nSPS) is 10.8. The van der Waals surface area contributed by atoms with Crippen LogP contribution in [0.25, 0.3) is 0 Å². The summed E-state index contributed by atoms with van der Waals surface area (Å²) in [6.45, 7) is 5.79. The quantitative estimate of drug-likeness (QED) is 0.516. The molecule has 0 aliphatic rings. The maximum absolute atomic E-state index is 5.67. The van der Waals surface area contributed by atoms with E-state index in [0.717, 1.165) is 38.2 Å². The van der Waals surface area contributed by atoms with Gasteiger partial charge in [0.1, 0.15) is 5.75 Å². The molecule has 1 rings (SSSR count). The number of hydrogen-bond acceptors (Lipinski definition) is 2. The Bertz CT molecular complexity index is 313. The second kappa shape index (κ2) is 8.75. The van der Waals surface area contributed by atoms with Crippen LogP contribution in [0.1, 0.15) is 33.1 Å². The molecule has 0 heterocycles. The average Bonchev–Trinajstić information content (AvgIpc) is 2.27. The second-order valence-electron chi connectivity index (χ2n) is 4.29. The van der Waals surface area contributed by atoms with Crippen LogP contribution in [-0.4, -0.2) is 19.3 Å². The first kappa shape index (κ1) is 14.8. The topological polar surface area (TPSA) is 18.5 Å². The second-order valence-corrected chi connectivity index (χ2v) is 5.53. The summed E-state index contributed by atoms with van der Waals surface area (Å²) in [4.78, 5) is 0. The molecule has 0 aromatic heterocycles. The number of ether oxygens (including phenoxy) is 2. The Morgan fingerprint density at radius 3 is 2.59 bits per heavy atom. The molecular formula is C14H21IO2. The Morgan fingerprint density at radius 2 is 1.88 bits per heavy atom. The SMILES string of the molecule is CC(C)OCCCCCOc1cccc(I)c1. The van der Waals surface area contributed by atoms with Gasteiger partial charge in [-0.05, 0) is 73.9 Å². The van der Waals surface area contributed by atoms with Crippen LogP contribution in [0.4, 0.5) is 0 Å². The van der Waals surface area contributed by atoms with Crippen molar-refractivity contribution in [3.05, 3.63) is 27.8 Å². The fourth-order valence-corrected chi connectivity index (χ4v) is 1.96. The zero-order valence-corrected chi connectivity index (χ0v) is 12.8. The predicted molar refractivity (Wildman–Crippen MR) is 79.6 cm³/mol. The molecule has 0 spiro atoms. The van der Waals surface area contributed by atoms with Crippen molar-refractivity contribution in [2.45, 2.75) is 39.2 Å². The first-order chi connectivity index (χ1) is 8.18. The van der Waals surface area contributed by atoms with Crippen molar-refractivity contribution in [1.29, 1.82) is 0 Å². The number of hydrogen-bond donors (Lipinski definition) is 0. The van der Waals surface area contributed by atoms with Crippen LogP contribution in [0, 0.1) is 3.57 Å². The minimum absolute atomic E-state index is 0.345. The third-order valence-corrected chi connectivity index (χ3v) is 2.98. The van der Waals surface area contributed by atoms with Gasteiger partial charge in [0.15, 0.2) is 0 Å². The largest absolute Gasteiger partial charge is 0.494 e. The fourth-order valence-electron chi connectivity index (χ4n) is 1.45. The zero-order chi connectivity index (χ0) is 12.5. The molecule has 0 unspecified atom stereocenters. The first-order valence-corrected chi connectivity index (χ1v) is 7.26. The third kappa shape index (κ3) is 7.60. The van der Waals surface area contributed by atoms with E-state index in [-0.39, 0.29) is 0 Å². The summed E-state index contributed by atoms with van der Waals surface area (Å²) in [6.07, 6.45) is 3.72. The highest BCUT2D eigenvalue weighted by atomic mass is 127. The molecule has 0 saturated heterocycles. The number of benzene rings is 1. The highest BCUT2D eigenvalue weighted by molar-refractivity contribution is 14.1. The molecule has 0 fully saturated rings. The van der Waals surface area contributed by atoms with E-state index in [1.165, 1.54) is 3.57 Å². The lowest BCUT2D eigenvalue weighted by atomic mass is 10.2. The van der Waals surface area contributed by atoms with Crippen LogP contribution in [0.5, 0.6) is 5.75 Å². The van der Waals surface area contributed by atoms with Crippen molar-refractivity contribution in [3.63, 3.8) is 0 Å². The van der Waals surface area contributed by atoms with Gasteiger partial charge >= 0.3 is 0 Å². The molecule has 0 atom stereocenters. The summed E-state index contributed by atoms with van der Waals surface area (Å²) >= 11 is 2.29. The molecule has 0 N–H and O–H groups in total. The molecule has 0 radical (unpaired) electrons. The van der Waals surface area contributed by atoms with Gasteiger partial charge in [-0.25, -0.2) is 0 Å². The summed E-state index contributed by atoms with van der Waals surface area (Å²) < 4.78 is 12.4. The van der Waals surface area contributed by atoms with Crippen LogP contribution in [-0.2, 0) is 4.74 Å². The van der Waals surface area contributed by atoms with Crippen LogP contribution in [0.3, 0.4) is 0 Å². The smallest absolute Gasteiger partial charge is 0.120 e. The van der Waals surface area contributed by atoms with Crippen molar-refractivity contribution in [3.8, 4) is 5.75 Å². The van der Waals surface area contributed by atoms with Crippen LogP contribution >= 0.6 is 22.6 Å². The van der Waals surface area contributed by atoms with Crippen molar-refractivity contribution in [2.75, 3.05) is 13.2 Å².